The van der Waals surface area contributed by atoms with Gasteiger partial charge in [0.15, 0.2) is 6.61 Å². The van der Waals surface area contributed by atoms with Gasteiger partial charge in [-0.15, -0.1) is 0 Å². The monoisotopic (exact) mass is 398 g/mol. The summed E-state index contributed by atoms with van der Waals surface area (Å²) in [5, 5.41) is 1.72. The predicted molar refractivity (Wildman–Crippen MR) is 80.7 cm³/mol. The zero-order chi connectivity index (χ0) is 20.2. The molecule has 1 unspecified atom stereocenters. The van der Waals surface area contributed by atoms with Crippen molar-refractivity contribution in [3.8, 4) is 5.75 Å². The van der Waals surface area contributed by atoms with Crippen molar-refractivity contribution >= 4 is 11.8 Å². The van der Waals surface area contributed by atoms with Gasteiger partial charge in [-0.3, -0.25) is 9.59 Å². The molecule has 1 saturated heterocycles. The van der Waals surface area contributed by atoms with Gasteiger partial charge in [-0.25, -0.2) is 0 Å². The van der Waals surface area contributed by atoms with Gasteiger partial charge >= 0.3 is 12.4 Å². The second-order valence-electron chi connectivity index (χ2n) is 5.89. The topological polar surface area (TPSA) is 58.6 Å². The Morgan fingerprint density at radius 1 is 1.19 bits per heavy atom. The molecule has 1 heterocycles. The molecule has 1 fully saturated rings. The molecule has 0 saturated carbocycles. The Balaban J connectivity index is 1.94. The van der Waals surface area contributed by atoms with Crippen molar-refractivity contribution in [2.24, 2.45) is 0 Å². The largest absolute Gasteiger partial charge is 0.484 e. The van der Waals surface area contributed by atoms with Crippen molar-refractivity contribution in [3.05, 3.63) is 29.8 Å². The number of rotatable bonds is 5. The molecule has 2 rings (SSSR count). The van der Waals surface area contributed by atoms with Crippen molar-refractivity contribution in [1.29, 1.82) is 0 Å². The fraction of sp³-hybridized carbons (Fsp3) is 0.500. The Hall–Kier alpha value is -2.46. The highest BCUT2D eigenvalue weighted by Crippen LogP contribution is 2.31. The van der Waals surface area contributed by atoms with E-state index in [2.05, 4.69) is 0 Å². The highest BCUT2D eigenvalue weighted by molar-refractivity contribution is 5.88. The average Bonchev–Trinajstić information content (AvgIpc) is 3.06. The second-order valence-corrected chi connectivity index (χ2v) is 5.89. The number of halogens is 6. The van der Waals surface area contributed by atoms with Gasteiger partial charge in [0.1, 0.15) is 18.3 Å². The molecule has 27 heavy (non-hydrogen) atoms. The summed E-state index contributed by atoms with van der Waals surface area (Å²) in [6, 6.07) is 2.86. The maximum atomic E-state index is 12.7. The van der Waals surface area contributed by atoms with Crippen LogP contribution in [0.1, 0.15) is 18.4 Å². The van der Waals surface area contributed by atoms with Crippen LogP contribution >= 0.6 is 0 Å². The molecule has 5 nitrogen and oxygen atoms in total. The van der Waals surface area contributed by atoms with E-state index < -0.39 is 48.9 Å². The molecule has 0 bridgehead atoms. The number of hydrogen-bond acceptors (Lipinski definition) is 3. The summed E-state index contributed by atoms with van der Waals surface area (Å²) >= 11 is 0. The fourth-order valence-electron chi connectivity index (χ4n) is 2.63. The van der Waals surface area contributed by atoms with Crippen molar-refractivity contribution in [3.63, 3.8) is 0 Å². The quantitative estimate of drug-likeness (QED) is 0.777. The van der Waals surface area contributed by atoms with Gasteiger partial charge in [0.25, 0.3) is 5.91 Å². The molecule has 1 N–H and O–H groups in total. The smallest absolute Gasteiger partial charge is 0.416 e. The molecule has 1 aliphatic heterocycles. The molecule has 0 aliphatic carbocycles. The van der Waals surface area contributed by atoms with Gasteiger partial charge in [0.05, 0.1) is 5.56 Å². The Labute approximate surface area is 150 Å². The maximum Gasteiger partial charge on any atom is 0.416 e. The lowest BCUT2D eigenvalue weighted by molar-refractivity contribution is -0.145. The van der Waals surface area contributed by atoms with E-state index in [0.717, 1.165) is 23.1 Å². The standard InChI is InChI=1S/C16H16F6N2O3/c17-15(18,19)9-23-14(26)12-5-2-6-24(12)13(25)8-27-11-4-1-3-10(7-11)16(20,21)22/h1,3-4,7,12H,2,5-6,8-9H2,(H,23,26). The number of likely N-dealkylation sites (tertiary alicyclic amines) is 1. The second kappa shape index (κ2) is 8.05. The van der Waals surface area contributed by atoms with Crippen LogP contribution in [0.4, 0.5) is 26.3 Å². The van der Waals surface area contributed by atoms with E-state index in [1.54, 1.807) is 5.32 Å². The molecular weight excluding hydrogens is 382 g/mol. The SMILES string of the molecule is O=C(NCC(F)(F)F)C1CCCN1C(=O)COc1cccc(C(F)(F)F)c1. The number of alkyl halides is 6. The zero-order valence-corrected chi connectivity index (χ0v) is 13.9. The van der Waals surface area contributed by atoms with Crippen LogP contribution in [0.25, 0.3) is 0 Å². The number of benzene rings is 1. The summed E-state index contributed by atoms with van der Waals surface area (Å²) < 4.78 is 79.6. The summed E-state index contributed by atoms with van der Waals surface area (Å²) in [6.45, 7) is -2.00. The van der Waals surface area contributed by atoms with Crippen molar-refractivity contribution in [2.75, 3.05) is 19.7 Å². The van der Waals surface area contributed by atoms with Crippen molar-refractivity contribution in [2.45, 2.75) is 31.2 Å². The third-order valence-corrected chi connectivity index (χ3v) is 3.86. The Bertz CT molecular complexity index is 689. The molecule has 0 radical (unpaired) electrons. The molecule has 1 aliphatic rings. The third-order valence-electron chi connectivity index (χ3n) is 3.86. The molecule has 1 atom stereocenters. The fourth-order valence-corrected chi connectivity index (χ4v) is 2.63. The van der Waals surface area contributed by atoms with Crippen molar-refractivity contribution in [1.82, 2.24) is 10.2 Å². The van der Waals surface area contributed by atoms with Gasteiger partial charge in [-0.2, -0.15) is 26.3 Å². The molecule has 1 aromatic carbocycles. The predicted octanol–water partition coefficient (Wildman–Crippen LogP) is 2.75. The van der Waals surface area contributed by atoms with Gasteiger partial charge in [-0.1, -0.05) is 6.07 Å². The summed E-state index contributed by atoms with van der Waals surface area (Å²) in [6.07, 6.45) is -8.53. The zero-order valence-electron chi connectivity index (χ0n) is 13.9. The van der Waals surface area contributed by atoms with Crippen LogP contribution in [-0.2, 0) is 15.8 Å². The van der Waals surface area contributed by atoms with E-state index in [1.165, 1.54) is 6.07 Å². The number of amides is 2. The number of nitrogens with one attached hydrogen (secondary N) is 1. The van der Waals surface area contributed by atoms with Crippen LogP contribution in [0, 0.1) is 0 Å². The number of nitrogens with zero attached hydrogens (tertiary/aromatic N) is 1. The van der Waals surface area contributed by atoms with E-state index in [-0.39, 0.29) is 18.7 Å². The number of carbonyl (C=O) groups excluding carboxylic acids is 2. The summed E-state index contributed by atoms with van der Waals surface area (Å²) in [5.41, 5.74) is -0.946. The lowest BCUT2D eigenvalue weighted by Gasteiger charge is -2.24. The number of hydrogen-bond donors (Lipinski definition) is 1. The normalized spacial score (nSPS) is 17.7. The number of ether oxygens (including phenoxy) is 1. The first-order valence-corrected chi connectivity index (χ1v) is 7.91. The van der Waals surface area contributed by atoms with E-state index >= 15 is 0 Å². The van der Waals surface area contributed by atoms with E-state index in [9.17, 15) is 35.9 Å². The minimum atomic E-state index is -4.57. The molecule has 0 spiro atoms. The number of carbonyl (C=O) groups is 2. The van der Waals surface area contributed by atoms with Crippen LogP contribution < -0.4 is 10.1 Å². The maximum absolute atomic E-state index is 12.7. The Kier molecular flexibility index (Phi) is 6.22. The molecule has 2 amide bonds. The van der Waals surface area contributed by atoms with Gasteiger partial charge in [-0.05, 0) is 31.0 Å². The molecule has 0 aromatic heterocycles. The van der Waals surface area contributed by atoms with Crippen LogP contribution in [0.15, 0.2) is 24.3 Å². The van der Waals surface area contributed by atoms with E-state index in [4.69, 9.17) is 4.74 Å². The third kappa shape index (κ3) is 6.04. The van der Waals surface area contributed by atoms with E-state index in [0.29, 0.717) is 6.42 Å². The minimum Gasteiger partial charge on any atom is -0.484 e. The summed E-state index contributed by atoms with van der Waals surface area (Å²) in [7, 11) is 0. The van der Waals surface area contributed by atoms with Crippen molar-refractivity contribution < 1.29 is 40.7 Å². The minimum absolute atomic E-state index is 0.148. The summed E-state index contributed by atoms with van der Waals surface area (Å²) in [5.74, 6) is -1.82. The first-order chi connectivity index (χ1) is 12.5. The molecular formula is C16H16F6N2O3. The van der Waals surface area contributed by atoms with Gasteiger partial charge in [0, 0.05) is 6.54 Å². The van der Waals surface area contributed by atoms with Crippen LogP contribution in [0.5, 0.6) is 5.75 Å². The Morgan fingerprint density at radius 3 is 2.52 bits per heavy atom. The Morgan fingerprint density at radius 2 is 1.89 bits per heavy atom. The highest BCUT2D eigenvalue weighted by atomic mass is 19.4. The van der Waals surface area contributed by atoms with Gasteiger partial charge < -0.3 is 15.0 Å². The first-order valence-electron chi connectivity index (χ1n) is 7.91. The average molecular weight is 398 g/mol. The molecule has 1 aromatic rings. The van der Waals surface area contributed by atoms with Crippen LogP contribution in [0.2, 0.25) is 0 Å². The molecule has 11 heteroatoms. The van der Waals surface area contributed by atoms with Crippen LogP contribution in [0.3, 0.4) is 0 Å². The lowest BCUT2D eigenvalue weighted by atomic mass is 10.2. The van der Waals surface area contributed by atoms with E-state index in [1.807, 2.05) is 0 Å². The summed E-state index contributed by atoms with van der Waals surface area (Å²) in [4.78, 5) is 25.1. The molecule has 150 valence electrons. The lowest BCUT2D eigenvalue weighted by Crippen LogP contribution is -2.49. The van der Waals surface area contributed by atoms with Gasteiger partial charge in [0.2, 0.25) is 5.91 Å². The van der Waals surface area contributed by atoms with Crippen LogP contribution in [-0.4, -0.2) is 48.6 Å². The first kappa shape index (κ1) is 20.8. The highest BCUT2D eigenvalue weighted by Gasteiger charge is 2.36.